The number of benzene rings is 2. The van der Waals surface area contributed by atoms with E-state index in [1.165, 1.54) is 6.21 Å². The molecule has 3 N–H and O–H groups in total. The van der Waals surface area contributed by atoms with Crippen molar-refractivity contribution >= 4 is 17.8 Å². The molecule has 0 atom stereocenters. The maximum Gasteiger partial charge on any atom is 0.259 e. The molecule has 0 saturated heterocycles. The number of para-hydroxylation sites is 1. The van der Waals surface area contributed by atoms with Gasteiger partial charge in [-0.15, -0.1) is 6.58 Å². The number of carbonyl (C=O) groups is 1. The highest BCUT2D eigenvalue weighted by atomic mass is 16.3. The van der Waals surface area contributed by atoms with Gasteiger partial charge in [-0.25, -0.2) is 5.43 Å². The van der Waals surface area contributed by atoms with Gasteiger partial charge >= 0.3 is 0 Å². The summed E-state index contributed by atoms with van der Waals surface area (Å²) in [6, 6.07) is 13.1. The van der Waals surface area contributed by atoms with Crippen LogP contribution in [0.15, 0.2) is 60.2 Å². The zero-order valence-corrected chi connectivity index (χ0v) is 13.6. The number of aryl methyl sites for hydroxylation is 1. The Labute approximate surface area is 141 Å². The van der Waals surface area contributed by atoms with E-state index >= 15 is 0 Å². The van der Waals surface area contributed by atoms with E-state index in [2.05, 4.69) is 22.4 Å². The lowest BCUT2D eigenvalue weighted by Gasteiger charge is -2.06. The largest absolute Gasteiger partial charge is 0.507 e. The predicted octanol–water partition coefficient (Wildman–Crippen LogP) is 2.99. The molecule has 0 aliphatic rings. The minimum Gasteiger partial charge on any atom is -0.507 e. The molecular formula is C19H21N3O2. The summed E-state index contributed by atoms with van der Waals surface area (Å²) in [7, 11) is 0. The number of aromatic hydroxyl groups is 1. The first-order chi connectivity index (χ1) is 11.6. The van der Waals surface area contributed by atoms with E-state index in [-0.39, 0.29) is 18.2 Å². The molecule has 0 aliphatic heterocycles. The van der Waals surface area contributed by atoms with Gasteiger partial charge in [-0.1, -0.05) is 35.9 Å². The molecule has 0 spiro atoms. The number of phenols is 1. The Morgan fingerprint density at radius 3 is 2.71 bits per heavy atom. The third kappa shape index (κ3) is 4.98. The van der Waals surface area contributed by atoms with E-state index in [4.69, 9.17) is 0 Å². The number of phenolic OH excluding ortho intramolecular Hbond substituents is 1. The fourth-order valence-electron chi connectivity index (χ4n) is 2.10. The normalized spacial score (nSPS) is 10.5. The number of amides is 1. The van der Waals surface area contributed by atoms with Gasteiger partial charge < -0.3 is 10.4 Å². The molecule has 2 aromatic carbocycles. The highest BCUT2D eigenvalue weighted by molar-refractivity contribution is 5.86. The topological polar surface area (TPSA) is 73.7 Å². The Hall–Kier alpha value is -3.08. The zero-order chi connectivity index (χ0) is 17.4. The summed E-state index contributed by atoms with van der Waals surface area (Å²) < 4.78 is 0. The van der Waals surface area contributed by atoms with Gasteiger partial charge in [0.2, 0.25) is 0 Å². The molecule has 24 heavy (non-hydrogen) atoms. The van der Waals surface area contributed by atoms with Crippen molar-refractivity contribution in [2.24, 2.45) is 5.10 Å². The number of hydrogen-bond acceptors (Lipinski definition) is 4. The average molecular weight is 323 g/mol. The van der Waals surface area contributed by atoms with E-state index in [1.54, 1.807) is 12.1 Å². The summed E-state index contributed by atoms with van der Waals surface area (Å²) >= 11 is 0. The Morgan fingerprint density at radius 1 is 1.25 bits per heavy atom. The van der Waals surface area contributed by atoms with Crippen LogP contribution in [0, 0.1) is 6.92 Å². The highest BCUT2D eigenvalue weighted by Gasteiger charge is 2.04. The number of anilines is 1. The van der Waals surface area contributed by atoms with E-state index in [0.29, 0.717) is 12.0 Å². The zero-order valence-electron chi connectivity index (χ0n) is 13.6. The smallest absolute Gasteiger partial charge is 0.259 e. The van der Waals surface area contributed by atoms with Crippen LogP contribution in [-0.4, -0.2) is 23.8 Å². The van der Waals surface area contributed by atoms with Crippen molar-refractivity contribution in [1.29, 1.82) is 0 Å². The lowest BCUT2D eigenvalue weighted by molar-refractivity contribution is -0.119. The van der Waals surface area contributed by atoms with E-state index < -0.39 is 0 Å². The van der Waals surface area contributed by atoms with Crippen molar-refractivity contribution in [1.82, 2.24) is 5.43 Å². The first-order valence-electron chi connectivity index (χ1n) is 7.64. The molecule has 1 amide bonds. The van der Waals surface area contributed by atoms with Crippen molar-refractivity contribution in [3.05, 3.63) is 71.8 Å². The predicted molar refractivity (Wildman–Crippen MR) is 97.4 cm³/mol. The molecule has 0 unspecified atom stereocenters. The summed E-state index contributed by atoms with van der Waals surface area (Å²) in [4.78, 5) is 11.8. The van der Waals surface area contributed by atoms with Crippen molar-refractivity contribution in [2.45, 2.75) is 13.3 Å². The summed E-state index contributed by atoms with van der Waals surface area (Å²) in [5, 5.41) is 17.0. The maximum atomic E-state index is 11.8. The van der Waals surface area contributed by atoms with Crippen molar-refractivity contribution in [3.8, 4) is 5.75 Å². The second-order valence-electron chi connectivity index (χ2n) is 5.36. The van der Waals surface area contributed by atoms with Gasteiger partial charge in [-0.3, -0.25) is 4.79 Å². The van der Waals surface area contributed by atoms with E-state index in [1.807, 2.05) is 43.3 Å². The molecule has 0 heterocycles. The monoisotopic (exact) mass is 323 g/mol. The number of hydrazone groups is 1. The fourth-order valence-corrected chi connectivity index (χ4v) is 2.10. The van der Waals surface area contributed by atoms with Crippen LogP contribution >= 0.6 is 0 Å². The van der Waals surface area contributed by atoms with Gasteiger partial charge in [0, 0.05) is 11.3 Å². The Kier molecular flexibility index (Phi) is 6.14. The highest BCUT2D eigenvalue weighted by Crippen LogP contribution is 2.21. The second-order valence-corrected chi connectivity index (χ2v) is 5.36. The van der Waals surface area contributed by atoms with Crippen LogP contribution in [0.3, 0.4) is 0 Å². The van der Waals surface area contributed by atoms with Crippen LogP contribution in [0.2, 0.25) is 0 Å². The molecular weight excluding hydrogens is 302 g/mol. The fraction of sp³-hybridized carbons (Fsp3) is 0.158. The van der Waals surface area contributed by atoms with Crippen molar-refractivity contribution in [2.75, 3.05) is 11.9 Å². The number of rotatable bonds is 7. The van der Waals surface area contributed by atoms with E-state index in [9.17, 15) is 9.90 Å². The molecule has 5 nitrogen and oxygen atoms in total. The molecule has 0 bridgehead atoms. The van der Waals surface area contributed by atoms with Crippen LogP contribution in [-0.2, 0) is 11.2 Å². The second kappa shape index (κ2) is 8.53. The van der Waals surface area contributed by atoms with Crippen LogP contribution in [0.5, 0.6) is 5.75 Å². The van der Waals surface area contributed by atoms with Gasteiger partial charge in [0.15, 0.2) is 0 Å². The minimum atomic E-state index is -0.270. The number of carbonyl (C=O) groups excluding carboxylic acids is 1. The van der Waals surface area contributed by atoms with Crippen LogP contribution < -0.4 is 10.7 Å². The minimum absolute atomic E-state index is 0.114. The Morgan fingerprint density at radius 2 is 2.00 bits per heavy atom. The van der Waals surface area contributed by atoms with Crippen molar-refractivity contribution in [3.63, 3.8) is 0 Å². The lowest BCUT2D eigenvalue weighted by atomic mass is 10.1. The maximum absolute atomic E-state index is 11.8. The number of allylic oxidation sites excluding steroid dienone is 1. The standard InChI is InChI=1S/C19H21N3O2/c1-3-5-15-6-4-7-16(19(15)24)12-21-22-18(23)13-20-17-10-8-14(2)9-11-17/h3-4,6-12,20,24H,1,5,13H2,2H3,(H,22,23)/b21-12+. The molecule has 0 aromatic heterocycles. The quantitative estimate of drug-likeness (QED) is 0.417. The molecule has 2 aromatic rings. The molecule has 5 heteroatoms. The summed E-state index contributed by atoms with van der Waals surface area (Å²) in [6.45, 7) is 5.77. The third-order valence-electron chi connectivity index (χ3n) is 3.41. The molecule has 0 radical (unpaired) electrons. The number of hydrogen-bond donors (Lipinski definition) is 3. The van der Waals surface area contributed by atoms with E-state index in [0.717, 1.165) is 16.8 Å². The molecule has 2 rings (SSSR count). The summed E-state index contributed by atoms with van der Waals surface area (Å²) in [6.07, 6.45) is 3.71. The Balaban J connectivity index is 1.87. The molecule has 0 aliphatic carbocycles. The van der Waals surface area contributed by atoms with Crippen LogP contribution in [0.25, 0.3) is 0 Å². The number of nitrogens with one attached hydrogen (secondary N) is 2. The molecule has 124 valence electrons. The number of nitrogens with zero attached hydrogens (tertiary/aromatic N) is 1. The van der Waals surface area contributed by atoms with Gasteiger partial charge in [0.25, 0.3) is 5.91 Å². The first-order valence-corrected chi connectivity index (χ1v) is 7.64. The lowest BCUT2D eigenvalue weighted by Crippen LogP contribution is -2.25. The molecule has 0 fully saturated rings. The van der Waals surface area contributed by atoms with Crippen LogP contribution in [0.1, 0.15) is 16.7 Å². The van der Waals surface area contributed by atoms with Gasteiger partial charge in [-0.2, -0.15) is 5.10 Å². The molecule has 0 saturated carbocycles. The van der Waals surface area contributed by atoms with Crippen LogP contribution in [0.4, 0.5) is 5.69 Å². The SMILES string of the molecule is C=CCc1cccc(/C=N/NC(=O)CNc2ccc(C)cc2)c1O. The summed E-state index contributed by atoms with van der Waals surface area (Å²) in [5.74, 6) is -0.123. The van der Waals surface area contributed by atoms with Crippen molar-refractivity contribution < 1.29 is 9.90 Å². The van der Waals surface area contributed by atoms with Gasteiger partial charge in [0.05, 0.1) is 12.8 Å². The summed E-state index contributed by atoms with van der Waals surface area (Å²) in [5.41, 5.74) is 5.77. The third-order valence-corrected chi connectivity index (χ3v) is 3.41. The van der Waals surface area contributed by atoms with Gasteiger partial charge in [0.1, 0.15) is 5.75 Å². The van der Waals surface area contributed by atoms with Gasteiger partial charge in [-0.05, 0) is 37.1 Å². The average Bonchev–Trinajstić information content (AvgIpc) is 2.58. The Bertz CT molecular complexity index is 737. The first kappa shape index (κ1) is 17.3.